The minimum atomic E-state index is 0.0223. The van der Waals surface area contributed by atoms with Gasteiger partial charge in [0.1, 0.15) is 12.4 Å². The molecule has 0 unspecified atom stereocenters. The van der Waals surface area contributed by atoms with Crippen LogP contribution in [0.2, 0.25) is 0 Å². The Hall–Kier alpha value is -2.81. The number of carbonyl (C=O) groups excluding carboxylic acids is 1. The zero-order valence-corrected chi connectivity index (χ0v) is 14.7. The van der Waals surface area contributed by atoms with Crippen molar-refractivity contribution in [2.24, 2.45) is 0 Å². The lowest BCUT2D eigenvalue weighted by Gasteiger charge is -2.10. The fourth-order valence-electron chi connectivity index (χ4n) is 2.90. The highest BCUT2D eigenvalue weighted by Crippen LogP contribution is 2.20. The number of benzene rings is 3. The number of ether oxygens (including phenoxy) is 1. The van der Waals surface area contributed by atoms with Gasteiger partial charge in [0.15, 0.2) is 0 Å². The molecule has 0 radical (unpaired) electrons. The lowest BCUT2D eigenvalue weighted by Crippen LogP contribution is -2.29. The Bertz CT molecular complexity index is 886. The summed E-state index contributed by atoms with van der Waals surface area (Å²) in [4.78, 5) is 12.1. The standard InChI is InChI=1S/C22H23NO2/c1-16-7-8-19(17(2)13-16)15-22(24)23-11-12-25-21-10-9-18-5-3-4-6-20(18)14-21/h3-10,13-14H,11-12,15H2,1-2H3,(H,23,24). The van der Waals surface area contributed by atoms with Crippen molar-refractivity contribution < 1.29 is 9.53 Å². The Balaban J connectivity index is 1.46. The molecule has 3 aromatic rings. The highest BCUT2D eigenvalue weighted by Gasteiger charge is 2.06. The van der Waals surface area contributed by atoms with Crippen LogP contribution in [0.15, 0.2) is 60.7 Å². The summed E-state index contributed by atoms with van der Waals surface area (Å²) in [5.74, 6) is 0.844. The van der Waals surface area contributed by atoms with Gasteiger partial charge in [0, 0.05) is 0 Å². The van der Waals surface area contributed by atoms with Crippen LogP contribution in [0.4, 0.5) is 0 Å². The van der Waals surface area contributed by atoms with Gasteiger partial charge in [-0.15, -0.1) is 0 Å². The summed E-state index contributed by atoms with van der Waals surface area (Å²) in [6.07, 6.45) is 0.405. The molecule has 0 saturated heterocycles. The number of carbonyl (C=O) groups is 1. The third-order valence-corrected chi connectivity index (χ3v) is 4.26. The molecule has 3 aromatic carbocycles. The summed E-state index contributed by atoms with van der Waals surface area (Å²) in [7, 11) is 0. The predicted molar refractivity (Wildman–Crippen MR) is 102 cm³/mol. The van der Waals surface area contributed by atoms with Crippen LogP contribution < -0.4 is 10.1 Å². The van der Waals surface area contributed by atoms with Crippen molar-refractivity contribution in [2.75, 3.05) is 13.2 Å². The SMILES string of the molecule is Cc1ccc(CC(=O)NCCOc2ccc3ccccc3c2)c(C)c1. The second-order valence-corrected chi connectivity index (χ2v) is 6.31. The first-order chi connectivity index (χ1) is 12.1. The molecule has 0 aromatic heterocycles. The van der Waals surface area contributed by atoms with E-state index in [9.17, 15) is 4.79 Å². The van der Waals surface area contributed by atoms with Crippen molar-refractivity contribution in [1.82, 2.24) is 5.32 Å². The van der Waals surface area contributed by atoms with Crippen molar-refractivity contribution in [3.05, 3.63) is 77.4 Å². The van der Waals surface area contributed by atoms with Crippen LogP contribution in [0, 0.1) is 13.8 Å². The largest absolute Gasteiger partial charge is 0.492 e. The van der Waals surface area contributed by atoms with Gasteiger partial charge in [0.05, 0.1) is 13.0 Å². The summed E-state index contributed by atoms with van der Waals surface area (Å²) in [6.45, 7) is 5.05. The summed E-state index contributed by atoms with van der Waals surface area (Å²) >= 11 is 0. The molecular formula is C22H23NO2. The maximum Gasteiger partial charge on any atom is 0.224 e. The minimum absolute atomic E-state index is 0.0223. The van der Waals surface area contributed by atoms with Crippen LogP contribution in [0.25, 0.3) is 10.8 Å². The van der Waals surface area contributed by atoms with Gasteiger partial charge in [-0.25, -0.2) is 0 Å². The predicted octanol–water partition coefficient (Wildman–Crippen LogP) is 4.19. The first-order valence-electron chi connectivity index (χ1n) is 8.56. The Kier molecular flexibility index (Phi) is 5.34. The average molecular weight is 333 g/mol. The second kappa shape index (κ2) is 7.84. The molecule has 1 N–H and O–H groups in total. The van der Waals surface area contributed by atoms with Gasteiger partial charge in [0.25, 0.3) is 0 Å². The molecule has 25 heavy (non-hydrogen) atoms. The number of nitrogens with one attached hydrogen (secondary N) is 1. The van der Waals surface area contributed by atoms with E-state index in [0.29, 0.717) is 19.6 Å². The van der Waals surface area contributed by atoms with E-state index in [1.165, 1.54) is 10.9 Å². The fraction of sp³-hybridized carbons (Fsp3) is 0.227. The zero-order chi connectivity index (χ0) is 17.6. The lowest BCUT2D eigenvalue weighted by molar-refractivity contribution is -0.120. The highest BCUT2D eigenvalue weighted by molar-refractivity contribution is 5.83. The van der Waals surface area contributed by atoms with Gasteiger partial charge >= 0.3 is 0 Å². The molecule has 0 heterocycles. The molecule has 0 bridgehead atoms. The molecule has 0 aliphatic carbocycles. The molecule has 0 saturated carbocycles. The van der Waals surface area contributed by atoms with E-state index in [1.54, 1.807) is 0 Å². The number of fused-ring (bicyclic) bond motifs is 1. The molecular weight excluding hydrogens is 310 g/mol. The van der Waals surface area contributed by atoms with Crippen molar-refractivity contribution in [3.63, 3.8) is 0 Å². The van der Waals surface area contributed by atoms with E-state index in [1.807, 2.05) is 49.4 Å². The fourth-order valence-corrected chi connectivity index (χ4v) is 2.90. The van der Waals surface area contributed by atoms with Crippen molar-refractivity contribution in [1.29, 1.82) is 0 Å². The van der Waals surface area contributed by atoms with Crippen LogP contribution in [0.5, 0.6) is 5.75 Å². The van der Waals surface area contributed by atoms with Gasteiger partial charge in [-0.2, -0.15) is 0 Å². The molecule has 3 heteroatoms. The molecule has 0 spiro atoms. The first kappa shape index (κ1) is 17.0. The van der Waals surface area contributed by atoms with E-state index in [-0.39, 0.29) is 5.91 Å². The van der Waals surface area contributed by atoms with Crippen LogP contribution >= 0.6 is 0 Å². The van der Waals surface area contributed by atoms with Crippen LogP contribution in [-0.4, -0.2) is 19.1 Å². The van der Waals surface area contributed by atoms with Gasteiger partial charge in [-0.1, -0.05) is 54.1 Å². The van der Waals surface area contributed by atoms with E-state index in [2.05, 4.69) is 30.4 Å². The Labute approximate surface area is 148 Å². The number of hydrogen-bond donors (Lipinski definition) is 1. The number of aryl methyl sites for hydroxylation is 2. The molecule has 0 aliphatic heterocycles. The molecule has 3 nitrogen and oxygen atoms in total. The van der Waals surface area contributed by atoms with Gasteiger partial charge in [-0.3, -0.25) is 4.79 Å². The first-order valence-corrected chi connectivity index (χ1v) is 8.56. The maximum absolute atomic E-state index is 12.1. The number of amides is 1. The molecule has 0 atom stereocenters. The van der Waals surface area contributed by atoms with Crippen LogP contribution in [0.3, 0.4) is 0 Å². The molecule has 3 rings (SSSR count). The third-order valence-electron chi connectivity index (χ3n) is 4.26. The van der Waals surface area contributed by atoms with Crippen molar-refractivity contribution in [2.45, 2.75) is 20.3 Å². The maximum atomic E-state index is 12.1. The topological polar surface area (TPSA) is 38.3 Å². The normalized spacial score (nSPS) is 10.6. The summed E-state index contributed by atoms with van der Waals surface area (Å²) in [6, 6.07) is 20.4. The Morgan fingerprint density at radius 3 is 2.56 bits per heavy atom. The monoisotopic (exact) mass is 333 g/mol. The Morgan fingerprint density at radius 2 is 1.76 bits per heavy atom. The lowest BCUT2D eigenvalue weighted by atomic mass is 10.0. The summed E-state index contributed by atoms with van der Waals surface area (Å²) < 4.78 is 5.74. The molecule has 128 valence electrons. The minimum Gasteiger partial charge on any atom is -0.492 e. The van der Waals surface area contributed by atoms with E-state index >= 15 is 0 Å². The number of rotatable bonds is 6. The summed E-state index contributed by atoms with van der Waals surface area (Å²) in [5, 5.41) is 5.26. The molecule has 0 fully saturated rings. The zero-order valence-electron chi connectivity index (χ0n) is 14.7. The van der Waals surface area contributed by atoms with Crippen molar-refractivity contribution in [3.8, 4) is 5.75 Å². The molecule has 1 amide bonds. The number of hydrogen-bond acceptors (Lipinski definition) is 2. The Morgan fingerprint density at radius 1 is 0.960 bits per heavy atom. The van der Waals surface area contributed by atoms with E-state index in [4.69, 9.17) is 4.74 Å². The van der Waals surface area contributed by atoms with E-state index < -0.39 is 0 Å². The van der Waals surface area contributed by atoms with Crippen LogP contribution in [-0.2, 0) is 11.2 Å². The average Bonchev–Trinajstić information content (AvgIpc) is 2.61. The van der Waals surface area contributed by atoms with E-state index in [0.717, 1.165) is 22.3 Å². The van der Waals surface area contributed by atoms with Crippen molar-refractivity contribution >= 4 is 16.7 Å². The smallest absolute Gasteiger partial charge is 0.224 e. The van der Waals surface area contributed by atoms with Gasteiger partial charge in [0.2, 0.25) is 5.91 Å². The quantitative estimate of drug-likeness (QED) is 0.687. The van der Waals surface area contributed by atoms with Crippen LogP contribution in [0.1, 0.15) is 16.7 Å². The molecule has 0 aliphatic rings. The van der Waals surface area contributed by atoms with Gasteiger partial charge in [-0.05, 0) is 47.9 Å². The second-order valence-electron chi connectivity index (χ2n) is 6.31. The highest BCUT2D eigenvalue weighted by atomic mass is 16.5. The van der Waals surface area contributed by atoms with Gasteiger partial charge < -0.3 is 10.1 Å². The summed E-state index contributed by atoms with van der Waals surface area (Å²) in [5.41, 5.74) is 3.44. The third kappa shape index (κ3) is 4.60.